The maximum Gasteiger partial charge on any atom is 0.163 e. The molecular formula is C17H25NO2. The van der Waals surface area contributed by atoms with Crippen LogP contribution in [0.4, 0.5) is 0 Å². The molecule has 3 nitrogen and oxygen atoms in total. The van der Waals surface area contributed by atoms with Crippen molar-refractivity contribution in [2.24, 2.45) is 0 Å². The normalized spacial score (nSPS) is 22.6. The van der Waals surface area contributed by atoms with E-state index in [1.807, 2.05) is 26.0 Å². The topological polar surface area (TPSA) is 30.5 Å². The third kappa shape index (κ3) is 4.75. The first-order valence-electron chi connectivity index (χ1n) is 7.29. The highest BCUT2D eigenvalue weighted by molar-refractivity contribution is 5.14. The van der Waals surface area contributed by atoms with Crippen molar-refractivity contribution >= 4 is 0 Å². The molecule has 1 N–H and O–H groups in total. The Morgan fingerprint density at radius 2 is 2.15 bits per heavy atom. The Hall–Kier alpha value is -1.16. The van der Waals surface area contributed by atoms with Crippen molar-refractivity contribution in [3.05, 3.63) is 48.6 Å². The van der Waals surface area contributed by atoms with Crippen molar-refractivity contribution in [1.29, 1.82) is 0 Å². The molecule has 0 saturated carbocycles. The molecule has 20 heavy (non-hydrogen) atoms. The maximum atomic E-state index is 5.88. The average Bonchev–Trinajstić information content (AvgIpc) is 2.77. The molecule has 2 atom stereocenters. The van der Waals surface area contributed by atoms with Crippen LogP contribution in [0.1, 0.15) is 32.3 Å². The summed E-state index contributed by atoms with van der Waals surface area (Å²) in [5.41, 5.74) is 1.30. The second kappa shape index (κ2) is 7.02. The van der Waals surface area contributed by atoms with Crippen molar-refractivity contribution in [1.82, 2.24) is 5.32 Å². The van der Waals surface area contributed by atoms with Gasteiger partial charge < -0.3 is 14.8 Å². The molecule has 1 aromatic rings. The van der Waals surface area contributed by atoms with Gasteiger partial charge in [-0.1, -0.05) is 36.4 Å². The summed E-state index contributed by atoms with van der Waals surface area (Å²) in [6, 6.07) is 10.8. The molecule has 1 saturated heterocycles. The monoisotopic (exact) mass is 275 g/mol. The molecule has 1 aromatic carbocycles. The third-order valence-electron chi connectivity index (χ3n) is 3.50. The van der Waals surface area contributed by atoms with Crippen LogP contribution in [0.3, 0.4) is 0 Å². The van der Waals surface area contributed by atoms with Gasteiger partial charge in [0.25, 0.3) is 0 Å². The van der Waals surface area contributed by atoms with E-state index < -0.39 is 5.79 Å². The van der Waals surface area contributed by atoms with E-state index >= 15 is 0 Å². The summed E-state index contributed by atoms with van der Waals surface area (Å²) in [4.78, 5) is 0. The number of benzene rings is 1. The first-order chi connectivity index (χ1) is 9.59. The molecule has 0 aromatic heterocycles. The second-order valence-corrected chi connectivity index (χ2v) is 5.77. The van der Waals surface area contributed by atoms with E-state index in [-0.39, 0.29) is 6.10 Å². The fourth-order valence-corrected chi connectivity index (χ4v) is 2.52. The molecule has 0 amide bonds. The van der Waals surface area contributed by atoms with Gasteiger partial charge in [-0.2, -0.15) is 0 Å². The van der Waals surface area contributed by atoms with E-state index in [1.54, 1.807) is 0 Å². The molecule has 0 bridgehead atoms. The SMILES string of the molecule is C=CCC(CC1COC(C)(C)O1)NCc1ccccc1. The Balaban J connectivity index is 1.83. The third-order valence-corrected chi connectivity index (χ3v) is 3.50. The van der Waals surface area contributed by atoms with Gasteiger partial charge in [0, 0.05) is 12.6 Å². The number of nitrogens with one attached hydrogen (secondary N) is 1. The highest BCUT2D eigenvalue weighted by Crippen LogP contribution is 2.25. The van der Waals surface area contributed by atoms with Crippen LogP contribution in [0, 0.1) is 0 Å². The summed E-state index contributed by atoms with van der Waals surface area (Å²) < 4.78 is 11.5. The maximum absolute atomic E-state index is 5.88. The van der Waals surface area contributed by atoms with Gasteiger partial charge in [-0.3, -0.25) is 0 Å². The number of hydrogen-bond donors (Lipinski definition) is 1. The quantitative estimate of drug-likeness (QED) is 0.775. The molecule has 3 heteroatoms. The molecule has 110 valence electrons. The Labute approximate surface area is 122 Å². The highest BCUT2D eigenvalue weighted by Gasteiger charge is 2.33. The fourth-order valence-electron chi connectivity index (χ4n) is 2.52. The molecular weight excluding hydrogens is 250 g/mol. The standard InChI is InChI=1S/C17H25NO2/c1-4-8-15(11-16-13-19-17(2,3)20-16)18-12-14-9-6-5-7-10-14/h4-7,9-10,15-16,18H,1,8,11-13H2,2-3H3. The lowest BCUT2D eigenvalue weighted by Crippen LogP contribution is -2.33. The van der Waals surface area contributed by atoms with Gasteiger partial charge in [-0.05, 0) is 32.3 Å². The van der Waals surface area contributed by atoms with Gasteiger partial charge in [0.1, 0.15) is 0 Å². The minimum Gasteiger partial charge on any atom is -0.348 e. The molecule has 1 aliphatic rings. The van der Waals surface area contributed by atoms with Gasteiger partial charge in [0.05, 0.1) is 12.7 Å². The highest BCUT2D eigenvalue weighted by atomic mass is 16.7. The molecule has 0 aliphatic carbocycles. The Bertz CT molecular complexity index is 416. The van der Waals surface area contributed by atoms with Crippen LogP contribution >= 0.6 is 0 Å². The Morgan fingerprint density at radius 3 is 2.75 bits per heavy atom. The fraction of sp³-hybridized carbons (Fsp3) is 0.529. The lowest BCUT2D eigenvalue weighted by Gasteiger charge is -2.22. The van der Waals surface area contributed by atoms with Crippen molar-refractivity contribution < 1.29 is 9.47 Å². The summed E-state index contributed by atoms with van der Waals surface area (Å²) in [6.07, 6.45) is 4.01. The van der Waals surface area contributed by atoms with Crippen LogP contribution in [-0.2, 0) is 16.0 Å². The van der Waals surface area contributed by atoms with E-state index in [2.05, 4.69) is 36.2 Å². The zero-order valence-corrected chi connectivity index (χ0v) is 12.5. The summed E-state index contributed by atoms with van der Waals surface area (Å²) in [6.45, 7) is 9.32. The van der Waals surface area contributed by atoms with Crippen LogP contribution in [0.2, 0.25) is 0 Å². The van der Waals surface area contributed by atoms with E-state index in [0.717, 1.165) is 19.4 Å². The van der Waals surface area contributed by atoms with Gasteiger partial charge in [-0.25, -0.2) is 0 Å². The van der Waals surface area contributed by atoms with Crippen LogP contribution in [0.5, 0.6) is 0 Å². The number of hydrogen-bond acceptors (Lipinski definition) is 3. The van der Waals surface area contributed by atoms with Crippen molar-refractivity contribution in [2.75, 3.05) is 6.61 Å². The predicted molar refractivity (Wildman–Crippen MR) is 81.4 cm³/mol. The van der Waals surface area contributed by atoms with Crippen molar-refractivity contribution in [3.63, 3.8) is 0 Å². The van der Waals surface area contributed by atoms with E-state index in [9.17, 15) is 0 Å². The van der Waals surface area contributed by atoms with E-state index in [0.29, 0.717) is 12.6 Å². The molecule has 0 spiro atoms. The second-order valence-electron chi connectivity index (χ2n) is 5.77. The van der Waals surface area contributed by atoms with E-state index in [1.165, 1.54) is 5.56 Å². The molecule has 2 rings (SSSR count). The summed E-state index contributed by atoms with van der Waals surface area (Å²) in [5, 5.41) is 3.58. The molecule has 0 radical (unpaired) electrons. The molecule has 1 fully saturated rings. The number of rotatable bonds is 7. The van der Waals surface area contributed by atoms with Gasteiger partial charge >= 0.3 is 0 Å². The van der Waals surface area contributed by atoms with Crippen LogP contribution < -0.4 is 5.32 Å². The lowest BCUT2D eigenvalue weighted by atomic mass is 10.1. The lowest BCUT2D eigenvalue weighted by molar-refractivity contribution is -0.139. The van der Waals surface area contributed by atoms with Gasteiger partial charge in [0.2, 0.25) is 0 Å². The zero-order valence-electron chi connectivity index (χ0n) is 12.5. The van der Waals surface area contributed by atoms with Crippen LogP contribution in [0.25, 0.3) is 0 Å². The first kappa shape index (κ1) is 15.2. The smallest absolute Gasteiger partial charge is 0.163 e. The minimum absolute atomic E-state index is 0.165. The molecule has 1 heterocycles. The average molecular weight is 275 g/mol. The molecule has 2 unspecified atom stereocenters. The minimum atomic E-state index is -0.442. The summed E-state index contributed by atoms with van der Waals surface area (Å²) in [5.74, 6) is -0.442. The van der Waals surface area contributed by atoms with Crippen molar-refractivity contribution in [2.45, 2.75) is 51.2 Å². The van der Waals surface area contributed by atoms with Crippen molar-refractivity contribution in [3.8, 4) is 0 Å². The Morgan fingerprint density at radius 1 is 1.40 bits per heavy atom. The van der Waals surface area contributed by atoms with Crippen LogP contribution in [-0.4, -0.2) is 24.5 Å². The van der Waals surface area contributed by atoms with Gasteiger partial charge in [0.15, 0.2) is 5.79 Å². The first-order valence-corrected chi connectivity index (χ1v) is 7.29. The number of ether oxygens (including phenoxy) is 2. The zero-order chi connectivity index (χ0) is 14.4. The predicted octanol–water partition coefficient (Wildman–Crippen LogP) is 3.26. The van der Waals surface area contributed by atoms with E-state index in [4.69, 9.17) is 9.47 Å². The summed E-state index contributed by atoms with van der Waals surface area (Å²) >= 11 is 0. The van der Waals surface area contributed by atoms with Gasteiger partial charge in [-0.15, -0.1) is 6.58 Å². The Kier molecular flexibility index (Phi) is 5.35. The van der Waals surface area contributed by atoms with Crippen LogP contribution in [0.15, 0.2) is 43.0 Å². The summed E-state index contributed by atoms with van der Waals surface area (Å²) in [7, 11) is 0. The largest absolute Gasteiger partial charge is 0.348 e. The molecule has 1 aliphatic heterocycles.